The lowest BCUT2D eigenvalue weighted by Crippen LogP contribution is -2.47. The van der Waals surface area contributed by atoms with Crippen molar-refractivity contribution in [2.45, 2.75) is 57.2 Å². The van der Waals surface area contributed by atoms with E-state index in [0.29, 0.717) is 17.9 Å². The maximum atomic E-state index is 13.9. The van der Waals surface area contributed by atoms with Gasteiger partial charge in [-0.05, 0) is 54.2 Å². The van der Waals surface area contributed by atoms with E-state index in [-0.39, 0.29) is 24.7 Å². The Morgan fingerprint density at radius 1 is 1.03 bits per heavy atom. The van der Waals surface area contributed by atoms with E-state index in [0.717, 1.165) is 75.6 Å². The highest BCUT2D eigenvalue weighted by Crippen LogP contribution is 2.42. The summed E-state index contributed by atoms with van der Waals surface area (Å²) in [4.78, 5) is 15.1. The van der Waals surface area contributed by atoms with Gasteiger partial charge in [0.25, 0.3) is 0 Å². The van der Waals surface area contributed by atoms with Gasteiger partial charge in [0.1, 0.15) is 18.1 Å². The Bertz CT molecular complexity index is 1060. The van der Waals surface area contributed by atoms with Crippen LogP contribution in [0, 0.1) is 0 Å². The molecule has 1 aliphatic carbocycles. The highest BCUT2D eigenvalue weighted by molar-refractivity contribution is 5.66. The molecule has 2 aliphatic rings. The summed E-state index contributed by atoms with van der Waals surface area (Å²) in [6, 6.07) is 10.1. The maximum Gasteiger partial charge on any atom is 0.416 e. The fourth-order valence-electron chi connectivity index (χ4n) is 5.35. The topological polar surface area (TPSA) is 62.2 Å². The predicted molar refractivity (Wildman–Crippen MR) is 136 cm³/mol. The van der Waals surface area contributed by atoms with Crippen LogP contribution in [0.25, 0.3) is 0 Å². The highest BCUT2D eigenvalue weighted by Gasteiger charge is 2.36. The van der Waals surface area contributed by atoms with Crippen LogP contribution in [0.4, 0.5) is 18.9 Å². The summed E-state index contributed by atoms with van der Waals surface area (Å²) in [7, 11) is 1.59. The van der Waals surface area contributed by atoms with E-state index in [1.54, 1.807) is 19.2 Å². The van der Waals surface area contributed by atoms with Crippen molar-refractivity contribution in [1.29, 1.82) is 0 Å². The summed E-state index contributed by atoms with van der Waals surface area (Å²) in [5, 5.41) is 8.89. The lowest BCUT2D eigenvalue weighted by Gasteiger charge is -2.36. The van der Waals surface area contributed by atoms with Gasteiger partial charge in [0.2, 0.25) is 0 Å². The molecule has 1 N–H and O–H groups in total. The van der Waals surface area contributed by atoms with Crippen LogP contribution in [0.3, 0.4) is 0 Å². The first-order valence-corrected chi connectivity index (χ1v) is 12.9. The lowest BCUT2D eigenvalue weighted by molar-refractivity contribution is -0.139. The fourth-order valence-corrected chi connectivity index (χ4v) is 5.35. The molecule has 2 fully saturated rings. The number of ether oxygens (including phenoxy) is 2. The standard InChI is InChI=1S/C28H35F3N2O4/c1-36-26-17-20(7-10-25(26)33-15-13-32(14-16-33)12-11-27(34)35)19-37-22-8-9-23(21-5-3-2-4-6-21)24(18-22)28(29,30)31/h7-10,17-18,21H,2-6,11-16,19H2,1H3,(H,34,35). The van der Waals surface area contributed by atoms with Gasteiger partial charge in [-0.15, -0.1) is 0 Å². The molecular formula is C28H35F3N2O4. The van der Waals surface area contributed by atoms with Gasteiger partial charge >= 0.3 is 12.1 Å². The van der Waals surface area contributed by atoms with Gasteiger partial charge in [-0.2, -0.15) is 13.2 Å². The van der Waals surface area contributed by atoms with Gasteiger partial charge in [-0.1, -0.05) is 31.4 Å². The zero-order valence-electron chi connectivity index (χ0n) is 21.2. The monoisotopic (exact) mass is 520 g/mol. The zero-order chi connectivity index (χ0) is 26.4. The molecule has 0 aromatic heterocycles. The number of hydrogen-bond acceptors (Lipinski definition) is 5. The Hall–Kier alpha value is -2.94. The Morgan fingerprint density at radius 2 is 1.76 bits per heavy atom. The molecule has 0 spiro atoms. The molecule has 1 saturated heterocycles. The van der Waals surface area contributed by atoms with Gasteiger partial charge in [0, 0.05) is 32.7 Å². The van der Waals surface area contributed by atoms with E-state index < -0.39 is 17.7 Å². The third kappa shape index (κ3) is 7.09. The van der Waals surface area contributed by atoms with Crippen molar-refractivity contribution in [2.75, 3.05) is 44.7 Å². The number of aliphatic carboxylic acids is 1. The first-order chi connectivity index (χ1) is 17.7. The molecule has 0 radical (unpaired) electrons. The average Bonchev–Trinajstić information content (AvgIpc) is 2.90. The molecule has 0 amide bonds. The number of rotatable bonds is 9. The number of methoxy groups -OCH3 is 1. The number of carboxylic acids is 1. The molecule has 1 saturated carbocycles. The minimum atomic E-state index is -4.42. The summed E-state index contributed by atoms with van der Waals surface area (Å²) in [5.74, 6) is 0.0306. The number of hydrogen-bond donors (Lipinski definition) is 1. The first-order valence-electron chi connectivity index (χ1n) is 12.9. The van der Waals surface area contributed by atoms with Gasteiger partial charge in [-0.3, -0.25) is 9.69 Å². The number of halogens is 3. The molecule has 0 unspecified atom stereocenters. The summed E-state index contributed by atoms with van der Waals surface area (Å²) in [6.07, 6.45) is 0.335. The van der Waals surface area contributed by atoms with Crippen molar-refractivity contribution < 1.29 is 32.5 Å². The molecule has 0 atom stereocenters. The van der Waals surface area contributed by atoms with Gasteiger partial charge in [-0.25, -0.2) is 0 Å². The second kappa shape index (κ2) is 12.1. The van der Waals surface area contributed by atoms with Gasteiger partial charge < -0.3 is 19.5 Å². The van der Waals surface area contributed by atoms with Crippen molar-refractivity contribution >= 4 is 11.7 Å². The van der Waals surface area contributed by atoms with Crippen molar-refractivity contribution in [3.8, 4) is 11.5 Å². The van der Waals surface area contributed by atoms with Crippen LogP contribution in [-0.4, -0.2) is 55.8 Å². The normalized spacial score (nSPS) is 17.6. The van der Waals surface area contributed by atoms with Crippen LogP contribution in [0.2, 0.25) is 0 Å². The van der Waals surface area contributed by atoms with Crippen LogP contribution in [0.1, 0.15) is 61.1 Å². The van der Waals surface area contributed by atoms with Gasteiger partial charge in [0.15, 0.2) is 0 Å². The molecule has 202 valence electrons. The molecule has 1 heterocycles. The third-order valence-corrected chi connectivity index (χ3v) is 7.38. The summed E-state index contributed by atoms with van der Waals surface area (Å²) >= 11 is 0. The smallest absolute Gasteiger partial charge is 0.416 e. The van der Waals surface area contributed by atoms with Crippen molar-refractivity contribution in [3.63, 3.8) is 0 Å². The number of anilines is 1. The minimum Gasteiger partial charge on any atom is -0.495 e. The number of nitrogens with zero attached hydrogens (tertiary/aromatic N) is 2. The number of piperazine rings is 1. The maximum absolute atomic E-state index is 13.9. The highest BCUT2D eigenvalue weighted by atomic mass is 19.4. The summed E-state index contributed by atoms with van der Waals surface area (Å²) < 4.78 is 53.0. The molecular weight excluding hydrogens is 485 g/mol. The second-order valence-corrected chi connectivity index (χ2v) is 9.85. The summed E-state index contributed by atoms with van der Waals surface area (Å²) in [6.45, 7) is 3.69. The molecule has 0 bridgehead atoms. The predicted octanol–water partition coefficient (Wildman–Crippen LogP) is 5.94. The van der Waals surface area contributed by atoms with Crippen LogP contribution >= 0.6 is 0 Å². The summed E-state index contributed by atoms with van der Waals surface area (Å²) in [5.41, 5.74) is 1.52. The Balaban J connectivity index is 1.41. The van der Waals surface area contributed by atoms with Gasteiger partial charge in [0.05, 0.1) is 24.8 Å². The minimum absolute atomic E-state index is 0.0460. The third-order valence-electron chi connectivity index (χ3n) is 7.38. The van der Waals surface area contributed by atoms with E-state index in [1.165, 1.54) is 0 Å². The van der Waals surface area contributed by atoms with E-state index in [4.69, 9.17) is 14.6 Å². The van der Waals surface area contributed by atoms with Crippen LogP contribution < -0.4 is 14.4 Å². The quantitative estimate of drug-likeness (QED) is 0.442. The van der Waals surface area contributed by atoms with Crippen LogP contribution in [0.15, 0.2) is 36.4 Å². The van der Waals surface area contributed by atoms with E-state index in [2.05, 4.69) is 9.80 Å². The number of carbonyl (C=O) groups is 1. The molecule has 4 rings (SSSR count). The molecule has 1 aliphatic heterocycles. The number of carboxylic acid groups (broad SMARTS) is 1. The SMILES string of the molecule is COc1cc(COc2ccc(C3CCCCC3)c(C(F)(F)F)c2)ccc1N1CCN(CCC(=O)O)CC1. The van der Waals surface area contributed by atoms with E-state index in [1.807, 2.05) is 18.2 Å². The van der Waals surface area contributed by atoms with E-state index >= 15 is 0 Å². The first kappa shape index (κ1) is 27.1. The zero-order valence-corrected chi connectivity index (χ0v) is 21.2. The van der Waals surface area contributed by atoms with Crippen LogP contribution in [-0.2, 0) is 17.6 Å². The van der Waals surface area contributed by atoms with Crippen molar-refractivity contribution in [3.05, 3.63) is 53.1 Å². The molecule has 2 aromatic carbocycles. The Labute approximate surface area is 216 Å². The molecule has 9 heteroatoms. The fraction of sp³-hybridized carbons (Fsp3) is 0.536. The van der Waals surface area contributed by atoms with Crippen LogP contribution in [0.5, 0.6) is 11.5 Å². The Morgan fingerprint density at radius 3 is 2.41 bits per heavy atom. The average molecular weight is 521 g/mol. The van der Waals surface area contributed by atoms with Crippen molar-refractivity contribution in [2.24, 2.45) is 0 Å². The second-order valence-electron chi connectivity index (χ2n) is 9.85. The number of benzene rings is 2. The largest absolute Gasteiger partial charge is 0.495 e. The molecule has 6 nitrogen and oxygen atoms in total. The van der Waals surface area contributed by atoms with Crippen molar-refractivity contribution in [1.82, 2.24) is 4.90 Å². The Kier molecular flexibility index (Phi) is 8.84. The molecule has 37 heavy (non-hydrogen) atoms. The number of alkyl halides is 3. The van der Waals surface area contributed by atoms with E-state index in [9.17, 15) is 18.0 Å². The lowest BCUT2D eigenvalue weighted by atomic mass is 9.82. The molecule has 2 aromatic rings.